The third-order valence-corrected chi connectivity index (χ3v) is 4.03. The number of carbonyl (C=O) groups excluding carboxylic acids is 2. The second-order valence-electron chi connectivity index (χ2n) is 5.86. The molecule has 0 aliphatic rings. The highest BCUT2D eigenvalue weighted by Gasteiger charge is 2.26. The number of benzene rings is 2. The molecule has 0 saturated heterocycles. The number of nitrogens with two attached hydrogens (primary N) is 1. The number of primary amides is 1. The molecular weight excluding hydrogens is 300 g/mol. The van der Waals surface area contributed by atoms with Crippen molar-refractivity contribution >= 4 is 11.8 Å². The lowest BCUT2D eigenvalue weighted by Crippen LogP contribution is -2.46. The van der Waals surface area contributed by atoms with Crippen LogP contribution < -0.4 is 11.1 Å². The number of nitrogens with one attached hydrogen (secondary N) is 1. The molecule has 0 fully saturated rings. The molecule has 0 radical (unpaired) electrons. The summed E-state index contributed by atoms with van der Waals surface area (Å²) >= 11 is 0. The Labute approximate surface area is 143 Å². The van der Waals surface area contributed by atoms with E-state index in [9.17, 15) is 9.59 Å². The van der Waals surface area contributed by atoms with Crippen molar-refractivity contribution in [3.63, 3.8) is 0 Å². The lowest BCUT2D eigenvalue weighted by Gasteiger charge is -2.21. The van der Waals surface area contributed by atoms with Crippen LogP contribution in [-0.4, -0.2) is 17.9 Å². The molecular formula is C20H24N2O2. The highest BCUT2D eigenvalue weighted by Crippen LogP contribution is 2.25. The van der Waals surface area contributed by atoms with E-state index < -0.39 is 17.9 Å². The fourth-order valence-electron chi connectivity index (χ4n) is 2.74. The van der Waals surface area contributed by atoms with Crippen LogP contribution >= 0.6 is 0 Å². The highest BCUT2D eigenvalue weighted by atomic mass is 16.2. The van der Waals surface area contributed by atoms with Gasteiger partial charge in [0.1, 0.15) is 6.04 Å². The van der Waals surface area contributed by atoms with Crippen LogP contribution in [0, 0.1) is 0 Å². The average Bonchev–Trinajstić information content (AvgIpc) is 2.60. The number of rotatable bonds is 8. The third kappa shape index (κ3) is 4.69. The van der Waals surface area contributed by atoms with Crippen molar-refractivity contribution in [3.05, 3.63) is 71.8 Å². The van der Waals surface area contributed by atoms with Crippen LogP contribution in [0.3, 0.4) is 0 Å². The molecule has 2 aromatic carbocycles. The lowest BCUT2D eigenvalue weighted by atomic mass is 9.90. The number of hydrogen-bond donors (Lipinski definition) is 2. The number of unbranched alkanes of at least 4 members (excludes halogenated alkanes) is 1. The summed E-state index contributed by atoms with van der Waals surface area (Å²) in [6.07, 6.45) is 2.35. The van der Waals surface area contributed by atoms with Crippen molar-refractivity contribution in [2.45, 2.75) is 38.1 Å². The van der Waals surface area contributed by atoms with Crippen LogP contribution in [-0.2, 0) is 9.59 Å². The second kappa shape index (κ2) is 8.87. The predicted molar refractivity (Wildman–Crippen MR) is 95.4 cm³/mol. The van der Waals surface area contributed by atoms with Crippen molar-refractivity contribution in [1.29, 1.82) is 0 Å². The molecule has 0 unspecified atom stereocenters. The third-order valence-electron chi connectivity index (χ3n) is 4.03. The quantitative estimate of drug-likeness (QED) is 0.783. The van der Waals surface area contributed by atoms with Gasteiger partial charge in [0.15, 0.2) is 0 Å². The molecule has 0 saturated carbocycles. The van der Waals surface area contributed by atoms with Crippen molar-refractivity contribution < 1.29 is 9.59 Å². The fraction of sp³-hybridized carbons (Fsp3) is 0.300. The maximum Gasteiger partial charge on any atom is 0.240 e. The zero-order valence-corrected chi connectivity index (χ0v) is 13.9. The molecule has 0 bridgehead atoms. The van der Waals surface area contributed by atoms with Crippen LogP contribution in [0.2, 0.25) is 0 Å². The van der Waals surface area contributed by atoms with E-state index >= 15 is 0 Å². The van der Waals surface area contributed by atoms with Gasteiger partial charge in [0.2, 0.25) is 11.8 Å². The predicted octanol–water partition coefficient (Wildman–Crippen LogP) is 2.98. The minimum atomic E-state index is -0.632. The molecule has 0 aliphatic carbocycles. The van der Waals surface area contributed by atoms with Crippen LogP contribution in [0.1, 0.15) is 43.2 Å². The van der Waals surface area contributed by atoms with Crippen LogP contribution in [0.15, 0.2) is 60.7 Å². The van der Waals surface area contributed by atoms with Crippen molar-refractivity contribution in [2.24, 2.45) is 5.73 Å². The first kappa shape index (κ1) is 17.7. The summed E-state index contributed by atoms with van der Waals surface area (Å²) in [6.45, 7) is 2.04. The number of amides is 2. The summed E-state index contributed by atoms with van der Waals surface area (Å²) in [5, 5.41) is 2.83. The zero-order chi connectivity index (χ0) is 17.4. The van der Waals surface area contributed by atoms with E-state index in [1.807, 2.05) is 67.6 Å². The van der Waals surface area contributed by atoms with E-state index in [2.05, 4.69) is 5.32 Å². The molecule has 2 amide bonds. The Kier molecular flexibility index (Phi) is 6.55. The normalized spacial score (nSPS) is 11.9. The van der Waals surface area contributed by atoms with Gasteiger partial charge in [-0.1, -0.05) is 80.4 Å². The molecule has 24 heavy (non-hydrogen) atoms. The molecule has 0 aliphatic heterocycles. The van der Waals surface area contributed by atoms with Crippen molar-refractivity contribution in [2.75, 3.05) is 0 Å². The van der Waals surface area contributed by atoms with Gasteiger partial charge < -0.3 is 11.1 Å². The van der Waals surface area contributed by atoms with E-state index in [0.29, 0.717) is 6.42 Å². The second-order valence-corrected chi connectivity index (χ2v) is 5.86. The molecule has 2 aromatic rings. The molecule has 1 atom stereocenters. The van der Waals surface area contributed by atoms with Crippen LogP contribution in [0.25, 0.3) is 0 Å². The molecule has 126 valence electrons. The Balaban J connectivity index is 2.26. The monoisotopic (exact) mass is 324 g/mol. The molecule has 0 spiro atoms. The summed E-state index contributed by atoms with van der Waals surface area (Å²) in [6, 6.07) is 18.5. The minimum Gasteiger partial charge on any atom is -0.368 e. The summed E-state index contributed by atoms with van der Waals surface area (Å²) in [7, 11) is 0. The van der Waals surface area contributed by atoms with Gasteiger partial charge in [0, 0.05) is 0 Å². The summed E-state index contributed by atoms with van der Waals surface area (Å²) in [5.41, 5.74) is 7.23. The topological polar surface area (TPSA) is 72.2 Å². The lowest BCUT2D eigenvalue weighted by molar-refractivity contribution is -0.127. The summed E-state index contributed by atoms with van der Waals surface area (Å²) in [5.74, 6) is -1.15. The molecule has 4 heteroatoms. The number of hydrogen-bond acceptors (Lipinski definition) is 2. The summed E-state index contributed by atoms with van der Waals surface area (Å²) in [4.78, 5) is 24.5. The van der Waals surface area contributed by atoms with Crippen molar-refractivity contribution in [1.82, 2.24) is 5.32 Å². The fourth-order valence-corrected chi connectivity index (χ4v) is 2.74. The van der Waals surface area contributed by atoms with E-state index in [1.54, 1.807) is 0 Å². The molecule has 4 nitrogen and oxygen atoms in total. The van der Waals surface area contributed by atoms with E-state index in [-0.39, 0.29) is 5.91 Å². The first-order valence-electron chi connectivity index (χ1n) is 8.33. The highest BCUT2D eigenvalue weighted by molar-refractivity contribution is 5.91. The summed E-state index contributed by atoms with van der Waals surface area (Å²) < 4.78 is 0. The Morgan fingerprint density at radius 3 is 1.88 bits per heavy atom. The van der Waals surface area contributed by atoms with Gasteiger partial charge >= 0.3 is 0 Å². The van der Waals surface area contributed by atoms with Crippen LogP contribution in [0.4, 0.5) is 0 Å². The maximum atomic E-state index is 12.9. The first-order valence-corrected chi connectivity index (χ1v) is 8.33. The Hall–Kier alpha value is -2.62. The van der Waals surface area contributed by atoms with E-state index in [1.165, 1.54) is 0 Å². The Morgan fingerprint density at radius 2 is 1.46 bits per heavy atom. The minimum absolute atomic E-state index is 0.202. The van der Waals surface area contributed by atoms with Gasteiger partial charge in [0.05, 0.1) is 5.92 Å². The zero-order valence-electron chi connectivity index (χ0n) is 13.9. The van der Waals surface area contributed by atoms with Crippen LogP contribution in [0.5, 0.6) is 0 Å². The largest absolute Gasteiger partial charge is 0.368 e. The molecule has 2 rings (SSSR count). The molecule has 0 aromatic heterocycles. The Bertz CT molecular complexity index is 616. The van der Waals surface area contributed by atoms with E-state index in [4.69, 9.17) is 5.73 Å². The van der Waals surface area contributed by atoms with Gasteiger partial charge in [-0.2, -0.15) is 0 Å². The van der Waals surface area contributed by atoms with Gasteiger partial charge in [0.25, 0.3) is 0 Å². The Morgan fingerprint density at radius 1 is 0.958 bits per heavy atom. The van der Waals surface area contributed by atoms with Gasteiger partial charge in [-0.15, -0.1) is 0 Å². The first-order chi connectivity index (χ1) is 11.6. The molecule has 0 heterocycles. The van der Waals surface area contributed by atoms with Gasteiger partial charge in [-0.05, 0) is 17.5 Å². The standard InChI is InChI=1S/C20H24N2O2/c1-2-3-14-17(19(21)23)22-20(24)18(15-10-6-4-7-11-15)16-12-8-5-9-13-16/h4-13,17-18H,2-3,14H2,1H3,(H2,21,23)(H,22,24)/t17-/m0/s1. The van der Waals surface area contributed by atoms with Gasteiger partial charge in [-0.25, -0.2) is 0 Å². The molecule has 3 N–H and O–H groups in total. The SMILES string of the molecule is CCCC[C@H](NC(=O)C(c1ccccc1)c1ccccc1)C(N)=O. The maximum absolute atomic E-state index is 12.9. The average molecular weight is 324 g/mol. The van der Waals surface area contributed by atoms with E-state index in [0.717, 1.165) is 24.0 Å². The van der Waals surface area contributed by atoms with Crippen molar-refractivity contribution in [3.8, 4) is 0 Å². The van der Waals surface area contributed by atoms with Gasteiger partial charge in [-0.3, -0.25) is 9.59 Å². The number of carbonyl (C=O) groups is 2. The smallest absolute Gasteiger partial charge is 0.240 e.